The predicted octanol–water partition coefficient (Wildman–Crippen LogP) is 19.5. The van der Waals surface area contributed by atoms with Gasteiger partial charge in [0.25, 0.3) is 0 Å². The Bertz CT molecular complexity index is 1830. The first-order valence-corrected chi connectivity index (χ1v) is 38.9. The molecule has 0 aliphatic rings. The Morgan fingerprint density at radius 2 is 0.629 bits per heavy atom. The van der Waals surface area contributed by atoms with Gasteiger partial charge in [-0.05, 0) is 63.2 Å². The molecule has 0 aliphatic heterocycles. The van der Waals surface area contributed by atoms with Crippen LogP contribution in [0.2, 0.25) is 0 Å². The first-order valence-electron chi connectivity index (χ1n) is 35.9. The van der Waals surface area contributed by atoms with E-state index in [4.69, 9.17) is 37.0 Å². The van der Waals surface area contributed by atoms with E-state index >= 15 is 0 Å². The Morgan fingerprint density at radius 3 is 0.955 bits per heavy atom. The first-order chi connectivity index (χ1) is 42.9. The van der Waals surface area contributed by atoms with Gasteiger partial charge in [0.1, 0.15) is 19.3 Å². The van der Waals surface area contributed by atoms with Gasteiger partial charge in [0, 0.05) is 25.7 Å². The molecule has 0 aliphatic carbocycles. The van der Waals surface area contributed by atoms with Crippen molar-refractivity contribution >= 4 is 39.5 Å². The molecular formula is C70H132O17P2. The third kappa shape index (κ3) is 61.5. The summed E-state index contributed by atoms with van der Waals surface area (Å²) in [5, 5.41) is 10.6. The fraction of sp³-hybridized carbons (Fsp3) is 0.886. The molecule has 524 valence electrons. The largest absolute Gasteiger partial charge is 0.472 e. The number of allylic oxidation sites excluding steroid dienone is 4. The maximum absolute atomic E-state index is 13.0. The molecule has 0 rings (SSSR count). The number of rotatable bonds is 67. The van der Waals surface area contributed by atoms with Crippen molar-refractivity contribution < 1.29 is 80.2 Å². The Hall–Kier alpha value is -2.46. The van der Waals surface area contributed by atoms with E-state index in [-0.39, 0.29) is 25.7 Å². The van der Waals surface area contributed by atoms with Crippen LogP contribution in [-0.2, 0) is 65.4 Å². The van der Waals surface area contributed by atoms with E-state index < -0.39 is 97.5 Å². The van der Waals surface area contributed by atoms with Crippen LogP contribution in [0, 0.1) is 11.8 Å². The molecule has 0 fully saturated rings. The molecule has 0 bridgehead atoms. The summed E-state index contributed by atoms with van der Waals surface area (Å²) in [6.45, 7) is 9.47. The number of esters is 4. The second kappa shape index (κ2) is 61.7. The zero-order chi connectivity index (χ0) is 65.7. The highest BCUT2D eigenvalue weighted by Gasteiger charge is 2.30. The number of carbonyl (C=O) groups excluding carboxylic acids is 4. The minimum atomic E-state index is -4.96. The number of carbonyl (C=O) groups is 4. The van der Waals surface area contributed by atoms with Gasteiger partial charge in [-0.25, -0.2) is 9.13 Å². The molecule has 0 saturated heterocycles. The van der Waals surface area contributed by atoms with Crippen LogP contribution in [0.4, 0.5) is 0 Å². The van der Waals surface area contributed by atoms with Gasteiger partial charge < -0.3 is 33.8 Å². The van der Waals surface area contributed by atoms with E-state index in [9.17, 15) is 43.2 Å². The summed E-state index contributed by atoms with van der Waals surface area (Å²) in [6, 6.07) is 0. The fourth-order valence-electron chi connectivity index (χ4n) is 9.99. The number of phosphoric acid groups is 2. The van der Waals surface area contributed by atoms with Crippen molar-refractivity contribution in [2.45, 2.75) is 349 Å². The molecular weight excluding hydrogens is 1170 g/mol. The van der Waals surface area contributed by atoms with Crippen molar-refractivity contribution in [2.24, 2.45) is 11.8 Å². The lowest BCUT2D eigenvalue weighted by atomic mass is 9.99. The predicted molar refractivity (Wildman–Crippen MR) is 358 cm³/mol. The van der Waals surface area contributed by atoms with E-state index in [1.165, 1.54) is 128 Å². The second-order valence-corrected chi connectivity index (χ2v) is 28.0. The molecule has 4 unspecified atom stereocenters. The molecule has 17 nitrogen and oxygen atoms in total. The standard InChI is InChI=1S/C70H132O17P2/c1-7-11-13-15-17-19-20-21-22-23-24-29-36-42-48-54-69(74)86-66(59-81-68(73)53-47-41-35-28-26-25-27-32-38-44-50-62(5)9-3)61-85-89(78,79)83-57-64(71)56-82-88(76,77)84-60-65(58-80-67(72)52-46-40-34-18-16-14-12-8-2)87-70(75)55-49-43-37-31-30-33-39-45-51-63(6)10-4/h19-22,62-66,71H,7-18,23-61H2,1-6H3,(H,76,77)(H,78,79)/b20-19-,22-21-/t62?,63?,64-,65+,66+/m0/s1. The van der Waals surface area contributed by atoms with Gasteiger partial charge in [0.05, 0.1) is 26.4 Å². The van der Waals surface area contributed by atoms with Crippen molar-refractivity contribution in [3.8, 4) is 0 Å². The number of aliphatic hydroxyl groups excluding tert-OH is 1. The van der Waals surface area contributed by atoms with E-state index in [1.807, 2.05) is 0 Å². The number of hydrogen-bond donors (Lipinski definition) is 3. The monoisotopic (exact) mass is 1310 g/mol. The van der Waals surface area contributed by atoms with Gasteiger partial charge in [0.2, 0.25) is 0 Å². The van der Waals surface area contributed by atoms with Crippen molar-refractivity contribution in [1.82, 2.24) is 0 Å². The summed E-state index contributed by atoms with van der Waals surface area (Å²) >= 11 is 0. The number of unbranched alkanes of at least 4 members (excludes halogenated alkanes) is 32. The molecule has 0 heterocycles. The maximum Gasteiger partial charge on any atom is 0.472 e. The zero-order valence-electron chi connectivity index (χ0n) is 57.2. The third-order valence-electron chi connectivity index (χ3n) is 16.3. The van der Waals surface area contributed by atoms with Crippen LogP contribution < -0.4 is 0 Å². The van der Waals surface area contributed by atoms with Crippen LogP contribution in [0.1, 0.15) is 330 Å². The number of aliphatic hydroxyl groups is 1. The smallest absolute Gasteiger partial charge is 0.462 e. The minimum absolute atomic E-state index is 0.0846. The Labute approximate surface area is 542 Å². The van der Waals surface area contributed by atoms with Crippen molar-refractivity contribution in [1.29, 1.82) is 0 Å². The van der Waals surface area contributed by atoms with Gasteiger partial charge >= 0.3 is 39.5 Å². The van der Waals surface area contributed by atoms with Crippen LogP contribution in [0.3, 0.4) is 0 Å². The van der Waals surface area contributed by atoms with Gasteiger partial charge in [0.15, 0.2) is 12.2 Å². The molecule has 0 spiro atoms. The summed E-state index contributed by atoms with van der Waals surface area (Å²) in [5.74, 6) is -0.584. The van der Waals surface area contributed by atoms with Crippen molar-refractivity contribution in [3.05, 3.63) is 24.3 Å². The van der Waals surface area contributed by atoms with E-state index in [0.717, 1.165) is 121 Å². The van der Waals surface area contributed by atoms with Gasteiger partial charge in [-0.1, -0.05) is 278 Å². The minimum Gasteiger partial charge on any atom is -0.462 e. The van der Waals surface area contributed by atoms with E-state index in [2.05, 4.69) is 65.8 Å². The Morgan fingerprint density at radius 1 is 0.360 bits per heavy atom. The van der Waals surface area contributed by atoms with Crippen molar-refractivity contribution in [3.63, 3.8) is 0 Å². The maximum atomic E-state index is 13.0. The first kappa shape index (κ1) is 86.5. The summed E-state index contributed by atoms with van der Waals surface area (Å²) in [4.78, 5) is 72.4. The highest BCUT2D eigenvalue weighted by Crippen LogP contribution is 2.45. The van der Waals surface area contributed by atoms with E-state index in [0.29, 0.717) is 25.7 Å². The molecule has 3 N–H and O–H groups in total. The molecule has 89 heavy (non-hydrogen) atoms. The Balaban J connectivity index is 5.28. The van der Waals surface area contributed by atoms with Gasteiger partial charge in [-0.15, -0.1) is 0 Å². The van der Waals surface area contributed by atoms with Crippen LogP contribution in [-0.4, -0.2) is 96.7 Å². The summed E-state index contributed by atoms with van der Waals surface area (Å²) < 4.78 is 68.2. The average molecular weight is 1310 g/mol. The van der Waals surface area contributed by atoms with Crippen LogP contribution >= 0.6 is 15.6 Å². The van der Waals surface area contributed by atoms with Crippen LogP contribution in [0.25, 0.3) is 0 Å². The fourth-order valence-corrected chi connectivity index (χ4v) is 11.6. The molecule has 0 aromatic heterocycles. The summed E-state index contributed by atoms with van der Waals surface area (Å²) in [6.07, 6.45) is 49.3. The molecule has 7 atom stereocenters. The molecule has 0 aromatic rings. The molecule has 19 heteroatoms. The van der Waals surface area contributed by atoms with Crippen LogP contribution in [0.15, 0.2) is 24.3 Å². The topological polar surface area (TPSA) is 237 Å². The third-order valence-corrected chi connectivity index (χ3v) is 18.2. The summed E-state index contributed by atoms with van der Waals surface area (Å²) in [5.41, 5.74) is 0. The molecule has 0 saturated carbocycles. The van der Waals surface area contributed by atoms with Crippen LogP contribution in [0.5, 0.6) is 0 Å². The SMILES string of the molecule is CCCCCC/C=C\C=C/CCCCCCCC(=O)O[C@H](COC(=O)CCCCCCCCCCCCC(C)CC)COP(=O)(O)OC[C@@H](O)COP(=O)(O)OC[C@@H](COC(=O)CCCCCCCCCC)OC(=O)CCCCCCCCCCC(C)CC. The normalized spacial score (nSPS) is 14.9. The number of phosphoric ester groups is 2. The van der Waals surface area contributed by atoms with Crippen molar-refractivity contribution in [2.75, 3.05) is 39.6 Å². The second-order valence-electron chi connectivity index (χ2n) is 25.1. The molecule has 0 amide bonds. The quantitative estimate of drug-likeness (QED) is 0.0169. The number of hydrogen-bond acceptors (Lipinski definition) is 15. The van der Waals surface area contributed by atoms with Gasteiger partial charge in [-0.3, -0.25) is 37.3 Å². The molecule has 0 aromatic carbocycles. The highest BCUT2D eigenvalue weighted by atomic mass is 31.2. The van der Waals surface area contributed by atoms with E-state index in [1.54, 1.807) is 0 Å². The lowest BCUT2D eigenvalue weighted by Gasteiger charge is -2.21. The zero-order valence-corrected chi connectivity index (χ0v) is 59.0. The lowest BCUT2D eigenvalue weighted by molar-refractivity contribution is -0.161. The number of ether oxygens (including phenoxy) is 4. The summed E-state index contributed by atoms with van der Waals surface area (Å²) in [7, 11) is -9.91. The Kier molecular flexibility index (Phi) is 60.0. The lowest BCUT2D eigenvalue weighted by Crippen LogP contribution is -2.30. The molecule has 0 radical (unpaired) electrons. The highest BCUT2D eigenvalue weighted by molar-refractivity contribution is 7.47. The van der Waals surface area contributed by atoms with Gasteiger partial charge in [-0.2, -0.15) is 0 Å². The average Bonchev–Trinajstić information content (AvgIpc) is 3.72.